The predicted octanol–water partition coefficient (Wildman–Crippen LogP) is 0.994. The Bertz CT molecular complexity index is 387. The van der Waals surface area contributed by atoms with Crippen molar-refractivity contribution in [1.82, 2.24) is 9.80 Å². The molecule has 0 aromatic rings. The normalized spacial score (nSPS) is 35.0. The average Bonchev–Trinajstić information content (AvgIpc) is 2.41. The van der Waals surface area contributed by atoms with Gasteiger partial charge in [0.1, 0.15) is 6.04 Å². The first-order chi connectivity index (χ1) is 9.40. The van der Waals surface area contributed by atoms with Crippen molar-refractivity contribution in [2.24, 2.45) is 11.8 Å². The lowest BCUT2D eigenvalue weighted by Gasteiger charge is -2.42. The van der Waals surface area contributed by atoms with Gasteiger partial charge in [-0.05, 0) is 31.1 Å². The fourth-order valence-electron chi connectivity index (χ4n) is 3.09. The second kappa shape index (κ2) is 5.99. The zero-order valence-corrected chi connectivity index (χ0v) is 12.2. The van der Waals surface area contributed by atoms with E-state index >= 15 is 0 Å². The lowest BCUT2D eigenvalue weighted by atomic mass is 9.92. The summed E-state index contributed by atoms with van der Waals surface area (Å²) in [6.45, 7) is 5.44. The molecule has 0 radical (unpaired) electrons. The molecule has 114 valence electrons. The highest BCUT2D eigenvalue weighted by Crippen LogP contribution is 2.25. The monoisotopic (exact) mass is 284 g/mol. The molecule has 0 aromatic carbocycles. The average molecular weight is 284 g/mol. The maximum Gasteiger partial charge on any atom is 0.326 e. The van der Waals surface area contributed by atoms with Gasteiger partial charge in [0.15, 0.2) is 0 Å². The molecule has 2 rings (SSSR count). The molecule has 2 fully saturated rings. The molecule has 0 saturated carbocycles. The minimum Gasteiger partial charge on any atom is -0.480 e. The first-order valence-corrected chi connectivity index (χ1v) is 7.36. The highest BCUT2D eigenvalue weighted by atomic mass is 16.4. The number of aliphatic hydroxyl groups excluding tert-OH is 1. The molecule has 2 saturated heterocycles. The quantitative estimate of drug-likeness (QED) is 0.752. The van der Waals surface area contributed by atoms with E-state index in [9.17, 15) is 19.8 Å². The van der Waals surface area contributed by atoms with E-state index in [1.165, 1.54) is 4.90 Å². The van der Waals surface area contributed by atoms with Crippen LogP contribution in [0.4, 0.5) is 4.79 Å². The Morgan fingerprint density at radius 1 is 1.15 bits per heavy atom. The van der Waals surface area contributed by atoms with Gasteiger partial charge < -0.3 is 20.0 Å². The molecule has 6 nitrogen and oxygen atoms in total. The number of carboxylic acids is 1. The number of piperidine rings is 2. The molecule has 2 amide bonds. The van der Waals surface area contributed by atoms with E-state index in [-0.39, 0.29) is 18.1 Å². The first-order valence-electron chi connectivity index (χ1n) is 7.36. The highest BCUT2D eigenvalue weighted by molar-refractivity contribution is 5.83. The molecule has 4 atom stereocenters. The summed E-state index contributed by atoms with van der Waals surface area (Å²) in [4.78, 5) is 27.1. The van der Waals surface area contributed by atoms with Crippen molar-refractivity contribution >= 4 is 12.0 Å². The largest absolute Gasteiger partial charge is 0.480 e. The van der Waals surface area contributed by atoms with Crippen molar-refractivity contribution in [2.75, 3.05) is 19.6 Å². The minimum atomic E-state index is -0.921. The van der Waals surface area contributed by atoms with Gasteiger partial charge in [0.2, 0.25) is 0 Å². The predicted molar refractivity (Wildman–Crippen MR) is 73.3 cm³/mol. The number of hydrogen-bond donors (Lipinski definition) is 2. The number of aliphatic carboxylic acids is 1. The van der Waals surface area contributed by atoms with E-state index in [0.29, 0.717) is 38.4 Å². The van der Waals surface area contributed by atoms with Crippen LogP contribution in [0.1, 0.15) is 33.1 Å². The fourth-order valence-corrected chi connectivity index (χ4v) is 3.09. The third kappa shape index (κ3) is 3.06. The Hall–Kier alpha value is -1.30. The molecule has 0 aliphatic carbocycles. The van der Waals surface area contributed by atoms with E-state index in [2.05, 4.69) is 0 Å². The van der Waals surface area contributed by atoms with Gasteiger partial charge in [-0.15, -0.1) is 0 Å². The Morgan fingerprint density at radius 3 is 2.45 bits per heavy atom. The summed E-state index contributed by atoms with van der Waals surface area (Å²) >= 11 is 0. The lowest BCUT2D eigenvalue weighted by Crippen LogP contribution is -2.57. The summed E-state index contributed by atoms with van der Waals surface area (Å²) in [5, 5.41) is 19.0. The molecular formula is C14H24N2O4. The molecule has 0 spiro atoms. The third-order valence-corrected chi connectivity index (χ3v) is 4.53. The van der Waals surface area contributed by atoms with Crippen LogP contribution >= 0.6 is 0 Å². The minimum absolute atomic E-state index is 0.0414. The molecule has 2 heterocycles. The maximum atomic E-state index is 12.5. The summed E-state index contributed by atoms with van der Waals surface area (Å²) in [6.07, 6.45) is 1.57. The van der Waals surface area contributed by atoms with E-state index in [1.807, 2.05) is 13.8 Å². The van der Waals surface area contributed by atoms with Crippen LogP contribution in [0.15, 0.2) is 0 Å². The number of carbonyl (C=O) groups is 2. The molecule has 4 unspecified atom stereocenters. The number of nitrogens with zero attached hydrogens (tertiary/aromatic N) is 2. The van der Waals surface area contributed by atoms with Crippen molar-refractivity contribution < 1.29 is 19.8 Å². The van der Waals surface area contributed by atoms with Crippen LogP contribution in [0.5, 0.6) is 0 Å². The number of hydrogen-bond acceptors (Lipinski definition) is 3. The molecular weight excluding hydrogens is 260 g/mol. The number of urea groups is 1. The second-order valence-electron chi connectivity index (χ2n) is 6.24. The number of carboxylic acid groups (broad SMARTS) is 1. The molecule has 0 bridgehead atoms. The van der Waals surface area contributed by atoms with E-state index in [1.54, 1.807) is 4.90 Å². The molecule has 2 aliphatic heterocycles. The van der Waals surface area contributed by atoms with Gasteiger partial charge in [0.25, 0.3) is 0 Å². The van der Waals surface area contributed by atoms with Gasteiger partial charge in [-0.2, -0.15) is 0 Å². The van der Waals surface area contributed by atoms with Crippen LogP contribution in [0.2, 0.25) is 0 Å². The Kier molecular flexibility index (Phi) is 4.52. The Morgan fingerprint density at radius 2 is 1.85 bits per heavy atom. The van der Waals surface area contributed by atoms with Crippen LogP contribution in [-0.2, 0) is 4.79 Å². The van der Waals surface area contributed by atoms with Crippen LogP contribution in [0, 0.1) is 11.8 Å². The second-order valence-corrected chi connectivity index (χ2v) is 6.24. The van der Waals surface area contributed by atoms with Crippen LogP contribution < -0.4 is 0 Å². The maximum absolute atomic E-state index is 12.5. The van der Waals surface area contributed by atoms with Crippen molar-refractivity contribution in [3.05, 3.63) is 0 Å². The number of likely N-dealkylation sites (tertiary alicyclic amines) is 2. The molecule has 2 aliphatic rings. The number of amides is 2. The summed E-state index contributed by atoms with van der Waals surface area (Å²) in [6, 6.07) is -0.906. The molecule has 2 N–H and O–H groups in total. The SMILES string of the molecule is CC1CCN(C(=O)N2CCC(O)C(C)C2)C(C(=O)O)C1. The van der Waals surface area contributed by atoms with Gasteiger partial charge in [0, 0.05) is 19.6 Å². The van der Waals surface area contributed by atoms with Gasteiger partial charge >= 0.3 is 12.0 Å². The van der Waals surface area contributed by atoms with Gasteiger partial charge in [-0.3, -0.25) is 0 Å². The van der Waals surface area contributed by atoms with E-state index < -0.39 is 12.0 Å². The summed E-state index contributed by atoms with van der Waals surface area (Å²) < 4.78 is 0. The van der Waals surface area contributed by atoms with E-state index in [0.717, 1.165) is 6.42 Å². The number of rotatable bonds is 1. The summed E-state index contributed by atoms with van der Waals surface area (Å²) in [7, 11) is 0. The highest BCUT2D eigenvalue weighted by Gasteiger charge is 2.38. The zero-order valence-electron chi connectivity index (χ0n) is 12.2. The summed E-state index contributed by atoms with van der Waals surface area (Å²) in [5.41, 5.74) is 0. The van der Waals surface area contributed by atoms with Gasteiger partial charge in [0.05, 0.1) is 6.10 Å². The Labute approximate surface area is 119 Å². The third-order valence-electron chi connectivity index (χ3n) is 4.53. The van der Waals surface area contributed by atoms with Crippen molar-refractivity contribution in [2.45, 2.75) is 45.3 Å². The van der Waals surface area contributed by atoms with Crippen LogP contribution in [-0.4, -0.2) is 63.8 Å². The molecule has 0 aromatic heterocycles. The summed E-state index contributed by atoms with van der Waals surface area (Å²) in [5.74, 6) is -0.545. The number of aliphatic hydroxyl groups is 1. The zero-order chi connectivity index (χ0) is 14.9. The van der Waals surface area contributed by atoms with Crippen molar-refractivity contribution in [3.63, 3.8) is 0 Å². The number of carbonyl (C=O) groups excluding carboxylic acids is 1. The van der Waals surface area contributed by atoms with E-state index in [4.69, 9.17) is 0 Å². The van der Waals surface area contributed by atoms with Gasteiger partial charge in [-0.25, -0.2) is 9.59 Å². The van der Waals surface area contributed by atoms with Crippen molar-refractivity contribution in [1.29, 1.82) is 0 Å². The standard InChI is InChI=1S/C14H24N2O4/c1-9-3-6-16(11(7-9)13(18)19)14(20)15-5-4-12(17)10(2)8-15/h9-12,17H,3-8H2,1-2H3,(H,18,19). The van der Waals surface area contributed by atoms with Crippen molar-refractivity contribution in [3.8, 4) is 0 Å². The smallest absolute Gasteiger partial charge is 0.326 e. The Balaban J connectivity index is 2.05. The fraction of sp³-hybridized carbons (Fsp3) is 0.857. The van der Waals surface area contributed by atoms with Gasteiger partial charge in [-0.1, -0.05) is 13.8 Å². The van der Waals surface area contributed by atoms with Crippen LogP contribution in [0.25, 0.3) is 0 Å². The lowest BCUT2D eigenvalue weighted by molar-refractivity contribution is -0.144. The molecule has 20 heavy (non-hydrogen) atoms. The van der Waals surface area contributed by atoms with Crippen LogP contribution in [0.3, 0.4) is 0 Å². The molecule has 6 heteroatoms. The topological polar surface area (TPSA) is 81.1 Å². The first kappa shape index (κ1) is 15.1.